The predicted octanol–water partition coefficient (Wildman–Crippen LogP) is 2.21. The maximum absolute atomic E-state index is 13.1. The van der Waals surface area contributed by atoms with Crippen LogP contribution in [-0.2, 0) is 16.4 Å². The molecule has 0 unspecified atom stereocenters. The molecule has 1 heterocycles. The van der Waals surface area contributed by atoms with E-state index >= 15 is 0 Å². The van der Waals surface area contributed by atoms with Crippen molar-refractivity contribution in [1.29, 1.82) is 0 Å². The van der Waals surface area contributed by atoms with Crippen molar-refractivity contribution in [2.45, 2.75) is 11.3 Å². The fourth-order valence-electron chi connectivity index (χ4n) is 2.19. The maximum Gasteiger partial charge on any atom is 0.240 e. The summed E-state index contributed by atoms with van der Waals surface area (Å²) in [5, 5.41) is 0. The fraction of sp³-hybridized carbons (Fsp3) is 0.200. The van der Waals surface area contributed by atoms with Gasteiger partial charge in [-0.05, 0) is 36.2 Å². The monoisotopic (exact) mass is 341 g/mol. The molecule has 0 aliphatic carbocycles. The summed E-state index contributed by atoms with van der Waals surface area (Å²) in [5.41, 5.74) is 0.849. The largest absolute Gasteiger partial charge is 0.454 e. The zero-order valence-electron chi connectivity index (χ0n) is 11.9. The Hall–Kier alpha value is -2.19. The van der Waals surface area contributed by atoms with Gasteiger partial charge < -0.3 is 9.47 Å². The Morgan fingerprint density at radius 2 is 1.70 bits per heavy atom. The zero-order chi connectivity index (χ0) is 16.4. The minimum atomic E-state index is -3.97. The van der Waals surface area contributed by atoms with Crippen molar-refractivity contribution in [3.8, 4) is 11.5 Å². The quantitative estimate of drug-likeness (QED) is 0.906. The van der Waals surface area contributed by atoms with Crippen LogP contribution in [0.25, 0.3) is 0 Å². The molecule has 0 aromatic heterocycles. The Labute approximate surface area is 131 Å². The number of benzene rings is 2. The first-order chi connectivity index (χ1) is 10.9. The molecule has 0 bridgehead atoms. The molecule has 1 aliphatic rings. The molecule has 0 fully saturated rings. The Bertz CT molecular complexity index is 819. The predicted molar refractivity (Wildman–Crippen MR) is 77.8 cm³/mol. The summed E-state index contributed by atoms with van der Waals surface area (Å²) in [6, 6.07) is 7.46. The average molecular weight is 341 g/mol. The van der Waals surface area contributed by atoms with Crippen LogP contribution in [0.2, 0.25) is 0 Å². The summed E-state index contributed by atoms with van der Waals surface area (Å²) in [4.78, 5) is -0.444. The second-order valence-corrected chi connectivity index (χ2v) is 6.71. The van der Waals surface area contributed by atoms with E-state index in [-0.39, 0.29) is 13.3 Å². The molecule has 0 spiro atoms. The van der Waals surface area contributed by atoms with Crippen molar-refractivity contribution in [3.63, 3.8) is 0 Å². The molecule has 1 aliphatic heterocycles. The lowest BCUT2D eigenvalue weighted by Gasteiger charge is -2.08. The van der Waals surface area contributed by atoms with Gasteiger partial charge in [0.1, 0.15) is 11.6 Å². The molecule has 122 valence electrons. The van der Waals surface area contributed by atoms with Crippen molar-refractivity contribution in [3.05, 3.63) is 53.6 Å². The number of hydrogen-bond donors (Lipinski definition) is 1. The topological polar surface area (TPSA) is 64.6 Å². The van der Waals surface area contributed by atoms with Crippen LogP contribution in [0.1, 0.15) is 5.56 Å². The maximum atomic E-state index is 13.1. The van der Waals surface area contributed by atoms with Gasteiger partial charge in [-0.3, -0.25) is 0 Å². The standard InChI is InChI=1S/C15H13F2NO4S/c16-11-6-12(17)8-13(7-11)23(19,20)18-4-3-10-1-2-14-15(5-10)22-9-21-14/h1-2,5-8,18H,3-4,9H2. The molecule has 3 rings (SSSR count). The number of fused-ring (bicyclic) bond motifs is 1. The van der Waals surface area contributed by atoms with Gasteiger partial charge in [-0.2, -0.15) is 0 Å². The molecule has 0 radical (unpaired) electrons. The lowest BCUT2D eigenvalue weighted by Crippen LogP contribution is -2.26. The summed E-state index contributed by atoms with van der Waals surface area (Å²) in [7, 11) is -3.97. The number of hydrogen-bond acceptors (Lipinski definition) is 4. The highest BCUT2D eigenvalue weighted by Crippen LogP contribution is 2.32. The van der Waals surface area contributed by atoms with E-state index in [4.69, 9.17) is 9.47 Å². The van der Waals surface area contributed by atoms with Crippen LogP contribution in [0.15, 0.2) is 41.3 Å². The van der Waals surface area contributed by atoms with Gasteiger partial charge in [0, 0.05) is 12.6 Å². The van der Waals surface area contributed by atoms with E-state index in [1.54, 1.807) is 18.2 Å². The van der Waals surface area contributed by atoms with Gasteiger partial charge in [0.05, 0.1) is 4.90 Å². The van der Waals surface area contributed by atoms with E-state index < -0.39 is 26.6 Å². The summed E-state index contributed by atoms with van der Waals surface area (Å²) < 4.78 is 63.0. The second kappa shape index (κ2) is 6.13. The highest BCUT2D eigenvalue weighted by Gasteiger charge is 2.17. The van der Waals surface area contributed by atoms with Crippen LogP contribution >= 0.6 is 0 Å². The van der Waals surface area contributed by atoms with E-state index in [0.29, 0.717) is 24.0 Å². The second-order valence-electron chi connectivity index (χ2n) is 4.94. The summed E-state index contributed by atoms with van der Waals surface area (Å²) in [6.07, 6.45) is 0.396. The molecule has 0 atom stereocenters. The van der Waals surface area contributed by atoms with Crippen LogP contribution in [0.5, 0.6) is 11.5 Å². The molecular formula is C15H13F2NO4S. The molecule has 0 amide bonds. The Morgan fingerprint density at radius 3 is 2.43 bits per heavy atom. The third-order valence-corrected chi connectivity index (χ3v) is 4.73. The number of rotatable bonds is 5. The van der Waals surface area contributed by atoms with E-state index in [0.717, 1.165) is 17.7 Å². The highest BCUT2D eigenvalue weighted by atomic mass is 32.2. The van der Waals surface area contributed by atoms with Gasteiger partial charge in [-0.15, -0.1) is 0 Å². The van der Waals surface area contributed by atoms with Gasteiger partial charge in [0.25, 0.3) is 0 Å². The molecule has 0 saturated carbocycles. The SMILES string of the molecule is O=S(=O)(NCCc1ccc2c(c1)OCO2)c1cc(F)cc(F)c1. The molecule has 23 heavy (non-hydrogen) atoms. The first-order valence-corrected chi connectivity index (χ1v) is 8.27. The molecule has 8 heteroatoms. The lowest BCUT2D eigenvalue weighted by molar-refractivity contribution is 0.174. The molecule has 2 aromatic rings. The first-order valence-electron chi connectivity index (χ1n) is 6.78. The van der Waals surface area contributed by atoms with Gasteiger partial charge in [0.15, 0.2) is 11.5 Å². The Balaban J connectivity index is 1.65. The summed E-state index contributed by atoms with van der Waals surface area (Å²) in [6.45, 7) is 0.247. The van der Waals surface area contributed by atoms with Crippen LogP contribution in [0, 0.1) is 11.6 Å². The normalized spacial score (nSPS) is 13.3. The number of sulfonamides is 1. The van der Waals surface area contributed by atoms with Crippen molar-refractivity contribution in [1.82, 2.24) is 4.72 Å². The van der Waals surface area contributed by atoms with Crippen LogP contribution in [0.4, 0.5) is 8.78 Å². The fourth-order valence-corrected chi connectivity index (χ4v) is 3.27. The summed E-state index contributed by atoms with van der Waals surface area (Å²) in [5.74, 6) is -0.635. The van der Waals surface area contributed by atoms with Crippen LogP contribution in [-0.4, -0.2) is 21.8 Å². The Kier molecular flexibility index (Phi) is 4.18. The van der Waals surface area contributed by atoms with Crippen LogP contribution < -0.4 is 14.2 Å². The molecular weight excluding hydrogens is 328 g/mol. The molecule has 2 aromatic carbocycles. The highest BCUT2D eigenvalue weighted by molar-refractivity contribution is 7.89. The lowest BCUT2D eigenvalue weighted by atomic mass is 10.1. The number of halogens is 2. The van der Waals surface area contributed by atoms with Crippen molar-refractivity contribution >= 4 is 10.0 Å². The molecule has 1 N–H and O–H groups in total. The molecule has 5 nitrogen and oxygen atoms in total. The number of nitrogens with one attached hydrogen (secondary N) is 1. The number of ether oxygens (including phenoxy) is 2. The Morgan fingerprint density at radius 1 is 1.00 bits per heavy atom. The minimum absolute atomic E-state index is 0.0834. The van der Waals surface area contributed by atoms with Crippen LogP contribution in [0.3, 0.4) is 0 Å². The third-order valence-electron chi connectivity index (χ3n) is 3.29. The van der Waals surface area contributed by atoms with Gasteiger partial charge in [0.2, 0.25) is 16.8 Å². The third kappa shape index (κ3) is 3.59. The average Bonchev–Trinajstić information content (AvgIpc) is 2.93. The first kappa shape index (κ1) is 15.7. The zero-order valence-corrected chi connectivity index (χ0v) is 12.7. The van der Waals surface area contributed by atoms with Gasteiger partial charge in [-0.1, -0.05) is 6.07 Å². The van der Waals surface area contributed by atoms with Gasteiger partial charge >= 0.3 is 0 Å². The van der Waals surface area contributed by atoms with E-state index in [1.807, 2.05) is 0 Å². The summed E-state index contributed by atoms with van der Waals surface area (Å²) >= 11 is 0. The van der Waals surface area contributed by atoms with E-state index in [9.17, 15) is 17.2 Å². The van der Waals surface area contributed by atoms with Crippen molar-refractivity contribution in [2.75, 3.05) is 13.3 Å². The smallest absolute Gasteiger partial charge is 0.240 e. The molecule has 0 saturated heterocycles. The van der Waals surface area contributed by atoms with Gasteiger partial charge in [-0.25, -0.2) is 21.9 Å². The van der Waals surface area contributed by atoms with E-state index in [2.05, 4.69) is 4.72 Å². The van der Waals surface area contributed by atoms with Crippen molar-refractivity contribution < 1.29 is 26.7 Å². The minimum Gasteiger partial charge on any atom is -0.454 e. The van der Waals surface area contributed by atoms with Crippen molar-refractivity contribution in [2.24, 2.45) is 0 Å². The van der Waals surface area contributed by atoms with E-state index in [1.165, 1.54) is 0 Å².